The van der Waals surface area contributed by atoms with Crippen LogP contribution in [0.2, 0.25) is 0 Å². The van der Waals surface area contributed by atoms with Crippen molar-refractivity contribution in [1.29, 1.82) is 0 Å². The lowest BCUT2D eigenvalue weighted by molar-refractivity contribution is -0.130. The van der Waals surface area contributed by atoms with Crippen molar-refractivity contribution < 1.29 is 27.8 Å². The number of carboxylic acid groups (broad SMARTS) is 1. The number of oxazole rings is 1. The number of fused-ring (bicyclic) bond motifs is 1. The molecular formula is C17H14N2O6S. The molecule has 3 rings (SSSR count). The minimum atomic E-state index is -3.93. The number of aromatic hydroxyl groups is 1. The highest BCUT2D eigenvalue weighted by Gasteiger charge is 2.19. The molecule has 134 valence electrons. The van der Waals surface area contributed by atoms with E-state index < -0.39 is 16.0 Å². The van der Waals surface area contributed by atoms with E-state index in [0.717, 1.165) is 5.56 Å². The predicted octanol–water partition coefficient (Wildman–Crippen LogP) is 2.11. The number of rotatable bonds is 4. The maximum atomic E-state index is 11.6. The summed E-state index contributed by atoms with van der Waals surface area (Å²) in [5.41, 5.74) is 1.14. The third-order valence-electron chi connectivity index (χ3n) is 3.63. The zero-order chi connectivity index (χ0) is 19.1. The number of nitrogens with zero attached hydrogens (tertiary/aromatic N) is 1. The summed E-state index contributed by atoms with van der Waals surface area (Å²) in [5.74, 6) is -1.63. The van der Waals surface area contributed by atoms with Crippen LogP contribution in [0.1, 0.15) is 17.0 Å². The van der Waals surface area contributed by atoms with Crippen LogP contribution in [0.15, 0.2) is 45.7 Å². The molecule has 9 heteroatoms. The Morgan fingerprint density at radius 1 is 1.23 bits per heavy atom. The minimum Gasteiger partial charge on any atom is -0.507 e. The maximum Gasteiger partial charge on any atom is 0.341 e. The first-order valence-electron chi connectivity index (χ1n) is 7.33. The van der Waals surface area contributed by atoms with E-state index in [4.69, 9.17) is 9.56 Å². The lowest BCUT2D eigenvalue weighted by atomic mass is 10.1. The van der Waals surface area contributed by atoms with Crippen LogP contribution in [0.4, 0.5) is 0 Å². The summed E-state index contributed by atoms with van der Waals surface area (Å²) >= 11 is 0. The molecule has 0 bridgehead atoms. The van der Waals surface area contributed by atoms with Crippen LogP contribution in [0.5, 0.6) is 5.75 Å². The van der Waals surface area contributed by atoms with Crippen LogP contribution in [-0.2, 0) is 14.8 Å². The Morgan fingerprint density at radius 2 is 1.96 bits per heavy atom. The van der Waals surface area contributed by atoms with Gasteiger partial charge >= 0.3 is 5.97 Å². The third-order valence-corrected chi connectivity index (χ3v) is 4.55. The number of hydrogen-bond donors (Lipinski definition) is 3. The SMILES string of the molecule is Cc1ccc(/C=C(\C(=O)O)c2nc3cc(S(N)(=O)=O)ccc3o2)c(O)c1. The number of carboxylic acids is 1. The van der Waals surface area contributed by atoms with Crippen LogP contribution in [-0.4, -0.2) is 29.6 Å². The normalized spacial score (nSPS) is 12.5. The van der Waals surface area contributed by atoms with E-state index in [2.05, 4.69) is 4.98 Å². The molecule has 4 N–H and O–H groups in total. The molecule has 0 aliphatic carbocycles. The Balaban J connectivity index is 2.14. The monoisotopic (exact) mass is 374 g/mol. The van der Waals surface area contributed by atoms with Crippen LogP contribution in [0, 0.1) is 6.92 Å². The van der Waals surface area contributed by atoms with E-state index in [0.29, 0.717) is 0 Å². The molecule has 2 aromatic carbocycles. The number of phenolic OH excluding ortho intramolecular Hbond substituents is 1. The van der Waals surface area contributed by atoms with Crippen molar-refractivity contribution in [3.05, 3.63) is 53.4 Å². The van der Waals surface area contributed by atoms with E-state index in [9.17, 15) is 23.4 Å². The van der Waals surface area contributed by atoms with Gasteiger partial charge in [-0.1, -0.05) is 12.1 Å². The number of sulfonamides is 1. The number of aromatic nitrogens is 1. The Kier molecular flexibility index (Phi) is 4.26. The van der Waals surface area contributed by atoms with E-state index >= 15 is 0 Å². The van der Waals surface area contributed by atoms with Gasteiger partial charge in [0.1, 0.15) is 16.8 Å². The van der Waals surface area contributed by atoms with Gasteiger partial charge in [0.2, 0.25) is 15.9 Å². The molecule has 3 aromatic rings. The summed E-state index contributed by atoms with van der Waals surface area (Å²) in [6.07, 6.45) is 1.22. The summed E-state index contributed by atoms with van der Waals surface area (Å²) in [6.45, 7) is 1.79. The largest absolute Gasteiger partial charge is 0.507 e. The molecule has 0 aliphatic heterocycles. The minimum absolute atomic E-state index is 0.0867. The van der Waals surface area contributed by atoms with Gasteiger partial charge in [0, 0.05) is 5.56 Å². The molecule has 0 aliphatic rings. The number of nitrogens with two attached hydrogens (primary N) is 1. The molecule has 1 heterocycles. The van der Waals surface area contributed by atoms with Crippen molar-refractivity contribution in [1.82, 2.24) is 4.98 Å². The highest BCUT2D eigenvalue weighted by molar-refractivity contribution is 7.89. The molecule has 26 heavy (non-hydrogen) atoms. The molecule has 0 fully saturated rings. The van der Waals surface area contributed by atoms with Crippen molar-refractivity contribution in [3.63, 3.8) is 0 Å². The van der Waals surface area contributed by atoms with Crippen molar-refractivity contribution in [2.45, 2.75) is 11.8 Å². The third kappa shape index (κ3) is 3.44. The quantitative estimate of drug-likeness (QED) is 0.593. The zero-order valence-corrected chi connectivity index (χ0v) is 14.3. The molecule has 0 unspecified atom stereocenters. The maximum absolute atomic E-state index is 11.6. The summed E-state index contributed by atoms with van der Waals surface area (Å²) < 4.78 is 28.3. The highest BCUT2D eigenvalue weighted by Crippen LogP contribution is 2.27. The summed E-state index contributed by atoms with van der Waals surface area (Å²) in [4.78, 5) is 15.5. The van der Waals surface area contributed by atoms with Gasteiger partial charge < -0.3 is 14.6 Å². The average Bonchev–Trinajstić information content (AvgIpc) is 2.95. The molecule has 1 aromatic heterocycles. The van der Waals surface area contributed by atoms with Gasteiger partial charge in [-0.2, -0.15) is 0 Å². The standard InChI is InChI=1S/C17H14N2O6S/c1-9-2-3-10(14(20)6-9)7-12(17(21)22)16-19-13-8-11(26(18,23)24)4-5-15(13)25-16/h2-8,20H,1H3,(H,21,22)(H2,18,23,24)/b12-7-. The van der Waals surface area contributed by atoms with Gasteiger partial charge in [-0.25, -0.2) is 23.3 Å². The Morgan fingerprint density at radius 3 is 2.58 bits per heavy atom. The number of benzene rings is 2. The van der Waals surface area contributed by atoms with Crippen molar-refractivity contribution >= 4 is 38.7 Å². The van der Waals surface area contributed by atoms with Crippen LogP contribution in [0.25, 0.3) is 22.7 Å². The van der Waals surface area contributed by atoms with Crippen molar-refractivity contribution in [3.8, 4) is 5.75 Å². The molecular weight excluding hydrogens is 360 g/mol. The van der Waals surface area contributed by atoms with Gasteiger partial charge in [0.25, 0.3) is 0 Å². The van der Waals surface area contributed by atoms with Crippen molar-refractivity contribution in [2.24, 2.45) is 5.14 Å². The van der Waals surface area contributed by atoms with Crippen LogP contribution >= 0.6 is 0 Å². The second kappa shape index (κ2) is 6.28. The molecule has 0 spiro atoms. The van der Waals surface area contributed by atoms with E-state index in [1.165, 1.54) is 30.3 Å². The predicted molar refractivity (Wildman–Crippen MR) is 93.7 cm³/mol. The second-order valence-electron chi connectivity index (χ2n) is 5.62. The Bertz CT molecular complexity index is 1160. The number of carbonyl (C=O) groups is 1. The van der Waals surface area contributed by atoms with E-state index in [-0.39, 0.29) is 38.8 Å². The molecule has 8 nitrogen and oxygen atoms in total. The van der Waals surface area contributed by atoms with Gasteiger partial charge in [-0.3, -0.25) is 0 Å². The smallest absolute Gasteiger partial charge is 0.341 e. The number of phenols is 1. The topological polar surface area (TPSA) is 144 Å². The fourth-order valence-corrected chi connectivity index (χ4v) is 2.88. The Hall–Kier alpha value is -3.17. The van der Waals surface area contributed by atoms with Crippen LogP contribution < -0.4 is 5.14 Å². The molecule has 0 amide bonds. The van der Waals surface area contributed by atoms with E-state index in [1.54, 1.807) is 19.1 Å². The number of primary sulfonamides is 1. The highest BCUT2D eigenvalue weighted by atomic mass is 32.2. The fraction of sp³-hybridized carbons (Fsp3) is 0.0588. The average molecular weight is 374 g/mol. The van der Waals surface area contributed by atoms with Gasteiger partial charge in [-0.15, -0.1) is 0 Å². The van der Waals surface area contributed by atoms with Crippen molar-refractivity contribution in [2.75, 3.05) is 0 Å². The first-order valence-corrected chi connectivity index (χ1v) is 8.88. The molecule has 0 saturated heterocycles. The molecule has 0 radical (unpaired) electrons. The fourth-order valence-electron chi connectivity index (χ4n) is 2.35. The molecule has 0 atom stereocenters. The Labute approximate surface area is 148 Å². The number of aliphatic carboxylic acids is 1. The zero-order valence-electron chi connectivity index (χ0n) is 13.5. The molecule has 0 saturated carbocycles. The van der Waals surface area contributed by atoms with Gasteiger partial charge in [0.15, 0.2) is 5.58 Å². The number of aryl methyl sites for hydroxylation is 1. The first kappa shape index (κ1) is 17.6. The number of hydrogen-bond acceptors (Lipinski definition) is 6. The lowest BCUT2D eigenvalue weighted by Crippen LogP contribution is -2.11. The van der Waals surface area contributed by atoms with Gasteiger partial charge in [0.05, 0.1) is 4.90 Å². The van der Waals surface area contributed by atoms with E-state index in [1.807, 2.05) is 0 Å². The second-order valence-corrected chi connectivity index (χ2v) is 7.18. The van der Waals surface area contributed by atoms with Crippen LogP contribution in [0.3, 0.4) is 0 Å². The summed E-state index contributed by atoms with van der Waals surface area (Å²) in [7, 11) is -3.93. The summed E-state index contributed by atoms with van der Waals surface area (Å²) in [6, 6.07) is 8.55. The summed E-state index contributed by atoms with van der Waals surface area (Å²) in [5, 5.41) is 24.5. The first-order chi connectivity index (χ1) is 12.1. The lowest BCUT2D eigenvalue weighted by Gasteiger charge is -2.02. The van der Waals surface area contributed by atoms with Gasteiger partial charge in [-0.05, 0) is 42.8 Å².